The highest BCUT2D eigenvalue weighted by Gasteiger charge is 2.12. The van der Waals surface area contributed by atoms with E-state index in [9.17, 15) is 0 Å². The van der Waals surface area contributed by atoms with E-state index in [2.05, 4.69) is 25.3 Å². The maximum atomic E-state index is 6.11. The summed E-state index contributed by atoms with van der Waals surface area (Å²) in [5.74, 6) is 2.56. The summed E-state index contributed by atoms with van der Waals surface area (Å²) in [5, 5.41) is 6.80. The van der Waals surface area contributed by atoms with Crippen molar-refractivity contribution in [2.45, 2.75) is 23.5 Å². The molecular formula is C21H19N5O2S2. The third-order valence-corrected chi connectivity index (χ3v) is 5.59. The number of aryl methyl sites for hydroxylation is 1. The van der Waals surface area contributed by atoms with Crippen molar-refractivity contribution in [1.82, 2.24) is 19.9 Å². The van der Waals surface area contributed by atoms with Crippen LogP contribution in [0.2, 0.25) is 0 Å². The summed E-state index contributed by atoms with van der Waals surface area (Å²) < 4.78 is 11.2. The lowest BCUT2D eigenvalue weighted by molar-refractivity contribution is 0.177. The second kappa shape index (κ2) is 9.66. The maximum Gasteiger partial charge on any atom is 0.188 e. The Labute approximate surface area is 182 Å². The predicted octanol–water partition coefficient (Wildman–Crippen LogP) is 5.47. The van der Waals surface area contributed by atoms with E-state index < -0.39 is 0 Å². The molecule has 9 heteroatoms. The number of nitrogens with zero attached hydrogens (tertiary/aromatic N) is 4. The smallest absolute Gasteiger partial charge is 0.188 e. The third-order valence-electron chi connectivity index (χ3n) is 3.82. The lowest BCUT2D eigenvalue weighted by Gasteiger charge is -2.12. The molecule has 0 amide bonds. The van der Waals surface area contributed by atoms with Gasteiger partial charge in [-0.2, -0.15) is 0 Å². The van der Waals surface area contributed by atoms with Crippen LogP contribution >= 0.6 is 23.1 Å². The minimum atomic E-state index is 0.366. The van der Waals surface area contributed by atoms with Gasteiger partial charge < -0.3 is 14.8 Å². The standard InChI is InChI=1S/C21H19N5O2S2/c1-14-13-29-21(24-14)26-20-17(28-15-6-4-3-5-7-15)10-16(11-23-20)30-19-8-9-22-18(25-19)12-27-2/h3-11,13H,12H2,1-2H3,(H,23,24,26). The van der Waals surface area contributed by atoms with Gasteiger partial charge in [0.25, 0.3) is 0 Å². The highest BCUT2D eigenvalue weighted by atomic mass is 32.2. The van der Waals surface area contributed by atoms with Crippen molar-refractivity contribution in [2.75, 3.05) is 12.4 Å². The highest BCUT2D eigenvalue weighted by Crippen LogP contribution is 2.36. The molecule has 0 aliphatic rings. The van der Waals surface area contributed by atoms with Gasteiger partial charge in [-0.3, -0.25) is 0 Å². The van der Waals surface area contributed by atoms with E-state index in [0.29, 0.717) is 24.0 Å². The van der Waals surface area contributed by atoms with Gasteiger partial charge in [-0.25, -0.2) is 19.9 Å². The molecule has 0 atom stereocenters. The summed E-state index contributed by atoms with van der Waals surface area (Å²) in [6.07, 6.45) is 3.50. The third kappa shape index (κ3) is 5.32. The van der Waals surface area contributed by atoms with Crippen LogP contribution in [0, 0.1) is 6.92 Å². The SMILES string of the molecule is COCc1nccc(Sc2cnc(Nc3nc(C)cs3)c(Oc3ccccc3)c2)n1. The molecule has 0 saturated heterocycles. The van der Waals surface area contributed by atoms with Gasteiger partial charge >= 0.3 is 0 Å². The molecule has 3 heterocycles. The molecule has 0 aliphatic carbocycles. The first-order valence-electron chi connectivity index (χ1n) is 9.10. The quantitative estimate of drug-likeness (QED) is 0.363. The van der Waals surface area contributed by atoms with Crippen LogP contribution in [0.4, 0.5) is 10.9 Å². The monoisotopic (exact) mass is 437 g/mol. The maximum absolute atomic E-state index is 6.11. The van der Waals surface area contributed by atoms with Crippen molar-refractivity contribution in [3.63, 3.8) is 0 Å². The number of aromatic nitrogens is 4. The number of thiazole rings is 1. The van der Waals surface area contributed by atoms with E-state index in [0.717, 1.165) is 26.5 Å². The number of methoxy groups -OCH3 is 1. The predicted molar refractivity (Wildman–Crippen MR) is 118 cm³/mol. The number of pyridine rings is 1. The van der Waals surface area contributed by atoms with E-state index in [1.54, 1.807) is 19.5 Å². The van der Waals surface area contributed by atoms with Crippen LogP contribution in [0.25, 0.3) is 0 Å². The molecule has 3 aromatic heterocycles. The molecule has 152 valence electrons. The molecule has 7 nitrogen and oxygen atoms in total. The Balaban J connectivity index is 1.62. The van der Waals surface area contributed by atoms with E-state index in [1.807, 2.05) is 54.8 Å². The van der Waals surface area contributed by atoms with E-state index in [-0.39, 0.29) is 0 Å². The van der Waals surface area contributed by atoms with Gasteiger partial charge in [-0.1, -0.05) is 30.0 Å². The van der Waals surface area contributed by atoms with Crippen LogP contribution in [-0.2, 0) is 11.3 Å². The zero-order valence-electron chi connectivity index (χ0n) is 16.4. The summed E-state index contributed by atoms with van der Waals surface area (Å²) >= 11 is 3.00. The molecule has 0 radical (unpaired) electrons. The zero-order valence-corrected chi connectivity index (χ0v) is 18.0. The van der Waals surface area contributed by atoms with Crippen LogP contribution < -0.4 is 10.1 Å². The minimum absolute atomic E-state index is 0.366. The Morgan fingerprint density at radius 1 is 1.10 bits per heavy atom. The average molecular weight is 438 g/mol. The molecule has 0 fully saturated rings. The van der Waals surface area contributed by atoms with Gasteiger partial charge in [0.15, 0.2) is 22.5 Å². The number of para-hydroxylation sites is 1. The Bertz CT molecular complexity index is 1120. The number of anilines is 2. The summed E-state index contributed by atoms with van der Waals surface area (Å²) in [6.45, 7) is 2.32. The van der Waals surface area contributed by atoms with Crippen molar-refractivity contribution in [3.05, 3.63) is 71.8 Å². The molecule has 1 N–H and O–H groups in total. The van der Waals surface area contributed by atoms with Crippen LogP contribution in [0.5, 0.6) is 11.5 Å². The average Bonchev–Trinajstić information content (AvgIpc) is 3.16. The molecule has 1 aromatic carbocycles. The molecule has 0 saturated carbocycles. The van der Waals surface area contributed by atoms with E-state index in [4.69, 9.17) is 9.47 Å². The summed E-state index contributed by atoms with van der Waals surface area (Å²) in [7, 11) is 1.62. The fraction of sp³-hybridized carbons (Fsp3) is 0.143. The first-order valence-corrected chi connectivity index (χ1v) is 10.8. The molecular weight excluding hydrogens is 418 g/mol. The summed E-state index contributed by atoms with van der Waals surface area (Å²) in [4.78, 5) is 18.6. The van der Waals surface area contributed by atoms with Gasteiger partial charge in [0.1, 0.15) is 17.4 Å². The van der Waals surface area contributed by atoms with Gasteiger partial charge in [-0.15, -0.1) is 11.3 Å². The van der Waals surface area contributed by atoms with Crippen molar-refractivity contribution < 1.29 is 9.47 Å². The number of ether oxygens (including phenoxy) is 2. The van der Waals surface area contributed by atoms with Gasteiger partial charge in [0, 0.05) is 35.8 Å². The Kier molecular flexibility index (Phi) is 6.53. The van der Waals surface area contributed by atoms with Crippen LogP contribution in [0.3, 0.4) is 0 Å². The fourth-order valence-corrected chi connectivity index (χ4v) is 4.02. The number of nitrogens with one attached hydrogen (secondary N) is 1. The number of benzene rings is 1. The number of hydrogen-bond donors (Lipinski definition) is 1. The second-order valence-corrected chi connectivity index (χ2v) is 8.15. The van der Waals surface area contributed by atoms with Crippen molar-refractivity contribution in [1.29, 1.82) is 0 Å². The van der Waals surface area contributed by atoms with Crippen molar-refractivity contribution in [2.24, 2.45) is 0 Å². The summed E-state index contributed by atoms with van der Waals surface area (Å²) in [6, 6.07) is 13.4. The molecule has 4 aromatic rings. The first kappa shape index (κ1) is 20.3. The first-order chi connectivity index (χ1) is 14.7. The molecule has 30 heavy (non-hydrogen) atoms. The Morgan fingerprint density at radius 3 is 2.73 bits per heavy atom. The lowest BCUT2D eigenvalue weighted by atomic mass is 10.3. The van der Waals surface area contributed by atoms with Crippen molar-refractivity contribution >= 4 is 34.0 Å². The highest BCUT2D eigenvalue weighted by molar-refractivity contribution is 7.99. The zero-order chi connectivity index (χ0) is 20.8. The lowest BCUT2D eigenvalue weighted by Crippen LogP contribution is -1.98. The molecule has 0 bridgehead atoms. The second-order valence-electron chi connectivity index (χ2n) is 6.20. The fourth-order valence-electron chi connectivity index (χ4n) is 2.54. The largest absolute Gasteiger partial charge is 0.453 e. The van der Waals surface area contributed by atoms with Crippen LogP contribution in [0.1, 0.15) is 11.5 Å². The van der Waals surface area contributed by atoms with E-state index >= 15 is 0 Å². The van der Waals surface area contributed by atoms with E-state index in [1.165, 1.54) is 23.1 Å². The molecule has 0 spiro atoms. The van der Waals surface area contributed by atoms with Gasteiger partial charge in [0.05, 0.1) is 5.69 Å². The van der Waals surface area contributed by atoms with Crippen molar-refractivity contribution in [3.8, 4) is 11.5 Å². The topological polar surface area (TPSA) is 82.1 Å². The normalized spacial score (nSPS) is 10.7. The van der Waals surface area contributed by atoms with Gasteiger partial charge in [-0.05, 0) is 25.1 Å². The number of hydrogen-bond acceptors (Lipinski definition) is 9. The molecule has 0 unspecified atom stereocenters. The Morgan fingerprint density at radius 2 is 1.97 bits per heavy atom. The molecule has 4 rings (SSSR count). The van der Waals surface area contributed by atoms with Gasteiger partial charge in [0.2, 0.25) is 0 Å². The molecule has 0 aliphatic heterocycles. The summed E-state index contributed by atoms with van der Waals surface area (Å²) in [5.41, 5.74) is 0.954. The Hall–Kier alpha value is -3.01. The minimum Gasteiger partial charge on any atom is -0.453 e. The number of rotatable bonds is 8. The van der Waals surface area contributed by atoms with Crippen LogP contribution in [0.15, 0.2) is 70.2 Å². The van der Waals surface area contributed by atoms with Crippen LogP contribution in [-0.4, -0.2) is 27.0 Å².